The molecule has 84 valence electrons. The lowest BCUT2D eigenvalue weighted by Gasteiger charge is -2.14. The molecular formula is C10H13FO4. The number of aliphatic hydroxyl groups excluding tert-OH is 1. The molecule has 0 aliphatic rings. The van der Waals surface area contributed by atoms with Crippen molar-refractivity contribution in [2.24, 2.45) is 0 Å². The van der Waals surface area contributed by atoms with Gasteiger partial charge >= 0.3 is 0 Å². The van der Waals surface area contributed by atoms with Gasteiger partial charge in [-0.15, -0.1) is 0 Å². The van der Waals surface area contributed by atoms with Crippen LogP contribution in [0.25, 0.3) is 0 Å². The zero-order valence-electron chi connectivity index (χ0n) is 8.74. The minimum atomic E-state index is -0.987. The highest BCUT2D eigenvalue weighted by Crippen LogP contribution is 2.40. The standard InChI is InChI=1S/C10H13FO4/c1-5(12)6-4-7(14-2)10(15-3)8(11)9(6)13/h4-5,12-13H,1-3H3. The van der Waals surface area contributed by atoms with Gasteiger partial charge in [0, 0.05) is 5.56 Å². The second-order valence-corrected chi connectivity index (χ2v) is 3.04. The van der Waals surface area contributed by atoms with Gasteiger partial charge in [-0.1, -0.05) is 0 Å². The zero-order chi connectivity index (χ0) is 11.6. The van der Waals surface area contributed by atoms with Gasteiger partial charge in [-0.25, -0.2) is 0 Å². The van der Waals surface area contributed by atoms with Crippen LogP contribution in [-0.4, -0.2) is 24.4 Å². The average Bonchev–Trinajstić information content (AvgIpc) is 2.21. The number of hydrogen-bond donors (Lipinski definition) is 2. The summed E-state index contributed by atoms with van der Waals surface area (Å²) in [6.45, 7) is 1.42. The van der Waals surface area contributed by atoms with Gasteiger partial charge in [0.25, 0.3) is 0 Å². The second-order valence-electron chi connectivity index (χ2n) is 3.04. The molecule has 1 rings (SSSR count). The Labute approximate surface area is 86.9 Å². The van der Waals surface area contributed by atoms with Crippen molar-refractivity contribution in [3.63, 3.8) is 0 Å². The fourth-order valence-electron chi connectivity index (χ4n) is 1.28. The normalized spacial score (nSPS) is 12.3. The van der Waals surface area contributed by atoms with Crippen molar-refractivity contribution in [1.82, 2.24) is 0 Å². The maximum atomic E-state index is 13.5. The van der Waals surface area contributed by atoms with E-state index in [4.69, 9.17) is 9.47 Å². The smallest absolute Gasteiger partial charge is 0.210 e. The van der Waals surface area contributed by atoms with Crippen molar-refractivity contribution < 1.29 is 24.1 Å². The first-order valence-electron chi connectivity index (χ1n) is 4.34. The van der Waals surface area contributed by atoms with Gasteiger partial charge in [-0.3, -0.25) is 0 Å². The summed E-state index contributed by atoms with van der Waals surface area (Å²) in [7, 11) is 2.61. The summed E-state index contributed by atoms with van der Waals surface area (Å²) in [5.74, 6) is -1.61. The number of phenolic OH excluding ortho intramolecular Hbond substituents is 1. The highest BCUT2D eigenvalue weighted by molar-refractivity contribution is 5.52. The summed E-state index contributed by atoms with van der Waals surface area (Å²) < 4.78 is 23.1. The Morgan fingerprint density at radius 2 is 1.93 bits per heavy atom. The molecule has 0 aliphatic carbocycles. The molecule has 2 N–H and O–H groups in total. The molecule has 1 atom stereocenters. The van der Waals surface area contributed by atoms with Crippen LogP contribution in [0, 0.1) is 5.82 Å². The molecule has 4 nitrogen and oxygen atoms in total. The van der Waals surface area contributed by atoms with Crippen LogP contribution in [0.5, 0.6) is 17.2 Å². The number of hydrogen-bond acceptors (Lipinski definition) is 4. The molecule has 0 fully saturated rings. The van der Waals surface area contributed by atoms with Crippen LogP contribution in [0.4, 0.5) is 4.39 Å². The summed E-state index contributed by atoms with van der Waals surface area (Å²) in [5, 5.41) is 18.7. The van der Waals surface area contributed by atoms with Crippen LogP contribution in [0.3, 0.4) is 0 Å². The molecule has 0 radical (unpaired) electrons. The summed E-state index contributed by atoms with van der Waals surface area (Å²) in [5.41, 5.74) is 0.0603. The van der Waals surface area contributed by atoms with Crippen molar-refractivity contribution in [3.05, 3.63) is 17.4 Å². The van der Waals surface area contributed by atoms with E-state index in [1.807, 2.05) is 0 Å². The lowest BCUT2D eigenvalue weighted by Crippen LogP contribution is -2.00. The van der Waals surface area contributed by atoms with Crippen molar-refractivity contribution in [2.45, 2.75) is 13.0 Å². The van der Waals surface area contributed by atoms with Crippen molar-refractivity contribution in [3.8, 4) is 17.2 Å². The van der Waals surface area contributed by atoms with Gasteiger partial charge in [0.2, 0.25) is 11.6 Å². The predicted octanol–water partition coefficient (Wildman–Crippen LogP) is 1.60. The Hall–Kier alpha value is -1.49. The number of aliphatic hydroxyl groups is 1. The van der Waals surface area contributed by atoms with E-state index >= 15 is 0 Å². The molecule has 0 saturated carbocycles. The average molecular weight is 216 g/mol. The molecular weight excluding hydrogens is 203 g/mol. The lowest BCUT2D eigenvalue weighted by molar-refractivity contribution is 0.192. The molecule has 0 spiro atoms. The van der Waals surface area contributed by atoms with E-state index in [1.165, 1.54) is 27.2 Å². The molecule has 0 aliphatic heterocycles. The monoisotopic (exact) mass is 216 g/mol. The number of halogens is 1. The molecule has 0 aromatic heterocycles. The third-order valence-electron chi connectivity index (χ3n) is 2.07. The Morgan fingerprint density at radius 1 is 1.33 bits per heavy atom. The van der Waals surface area contributed by atoms with Crippen LogP contribution in [0.2, 0.25) is 0 Å². The molecule has 1 unspecified atom stereocenters. The number of ether oxygens (including phenoxy) is 2. The second kappa shape index (κ2) is 4.35. The fourth-order valence-corrected chi connectivity index (χ4v) is 1.28. The Morgan fingerprint density at radius 3 is 2.33 bits per heavy atom. The minimum Gasteiger partial charge on any atom is -0.504 e. The van der Waals surface area contributed by atoms with Crippen LogP contribution < -0.4 is 9.47 Å². The van der Waals surface area contributed by atoms with E-state index in [0.29, 0.717) is 0 Å². The molecule has 1 aromatic rings. The predicted molar refractivity (Wildman–Crippen MR) is 51.8 cm³/mol. The highest BCUT2D eigenvalue weighted by Gasteiger charge is 2.21. The number of aromatic hydroxyl groups is 1. The van der Waals surface area contributed by atoms with E-state index in [1.54, 1.807) is 0 Å². The third kappa shape index (κ3) is 1.97. The number of phenols is 1. The fraction of sp³-hybridized carbons (Fsp3) is 0.400. The first-order valence-corrected chi connectivity index (χ1v) is 4.34. The topological polar surface area (TPSA) is 58.9 Å². The molecule has 5 heteroatoms. The first kappa shape index (κ1) is 11.6. The molecule has 0 bridgehead atoms. The molecule has 0 heterocycles. The van der Waals surface area contributed by atoms with Crippen molar-refractivity contribution >= 4 is 0 Å². The maximum Gasteiger partial charge on any atom is 0.210 e. The van der Waals surface area contributed by atoms with Gasteiger partial charge in [0.15, 0.2) is 11.5 Å². The number of benzene rings is 1. The van der Waals surface area contributed by atoms with Gasteiger partial charge in [-0.05, 0) is 13.0 Å². The number of rotatable bonds is 3. The van der Waals surface area contributed by atoms with E-state index in [-0.39, 0.29) is 17.1 Å². The van der Waals surface area contributed by atoms with E-state index in [2.05, 4.69) is 0 Å². The molecule has 0 saturated heterocycles. The quantitative estimate of drug-likeness (QED) is 0.805. The van der Waals surface area contributed by atoms with Gasteiger partial charge < -0.3 is 19.7 Å². The summed E-state index contributed by atoms with van der Waals surface area (Å²) in [4.78, 5) is 0. The Kier molecular flexibility index (Phi) is 3.36. The lowest BCUT2D eigenvalue weighted by atomic mass is 10.1. The van der Waals surface area contributed by atoms with E-state index < -0.39 is 17.7 Å². The minimum absolute atomic E-state index is 0.0603. The first-order chi connectivity index (χ1) is 7.02. The maximum absolute atomic E-state index is 13.5. The molecule has 0 amide bonds. The highest BCUT2D eigenvalue weighted by atomic mass is 19.1. The Bertz CT molecular complexity index is 363. The summed E-state index contributed by atoms with van der Waals surface area (Å²) in [6, 6.07) is 1.34. The number of methoxy groups -OCH3 is 2. The van der Waals surface area contributed by atoms with E-state index in [9.17, 15) is 14.6 Å². The SMILES string of the molecule is COc1cc(C(C)O)c(O)c(F)c1OC. The Balaban J connectivity index is 3.42. The van der Waals surface area contributed by atoms with Crippen LogP contribution in [0.15, 0.2) is 6.07 Å². The van der Waals surface area contributed by atoms with Crippen molar-refractivity contribution in [2.75, 3.05) is 14.2 Å². The van der Waals surface area contributed by atoms with Crippen LogP contribution in [-0.2, 0) is 0 Å². The molecule has 1 aromatic carbocycles. The van der Waals surface area contributed by atoms with Crippen LogP contribution >= 0.6 is 0 Å². The van der Waals surface area contributed by atoms with Gasteiger partial charge in [0.1, 0.15) is 0 Å². The third-order valence-corrected chi connectivity index (χ3v) is 2.07. The summed E-state index contributed by atoms with van der Waals surface area (Å²) in [6.07, 6.45) is -0.987. The van der Waals surface area contributed by atoms with E-state index in [0.717, 1.165) is 0 Å². The van der Waals surface area contributed by atoms with Gasteiger partial charge in [-0.2, -0.15) is 4.39 Å². The summed E-state index contributed by atoms with van der Waals surface area (Å²) >= 11 is 0. The largest absolute Gasteiger partial charge is 0.504 e. The van der Waals surface area contributed by atoms with Crippen molar-refractivity contribution in [1.29, 1.82) is 0 Å². The zero-order valence-corrected chi connectivity index (χ0v) is 8.74. The van der Waals surface area contributed by atoms with Gasteiger partial charge in [0.05, 0.1) is 20.3 Å². The van der Waals surface area contributed by atoms with Crippen LogP contribution in [0.1, 0.15) is 18.6 Å². The molecule has 15 heavy (non-hydrogen) atoms.